The van der Waals surface area contributed by atoms with Crippen molar-refractivity contribution in [1.29, 1.82) is 0 Å². The number of ketones is 1. The second-order valence-electron chi connectivity index (χ2n) is 11.5. The molecule has 0 N–H and O–H groups in total. The molecule has 2 heteroatoms. The van der Waals surface area contributed by atoms with Crippen molar-refractivity contribution < 1.29 is 9.59 Å². The second kappa shape index (κ2) is 32.0. The first-order valence-electron chi connectivity index (χ1n) is 17.0. The summed E-state index contributed by atoms with van der Waals surface area (Å²) < 4.78 is 0. The molecule has 0 bridgehead atoms. The van der Waals surface area contributed by atoms with Gasteiger partial charge in [-0.05, 0) is 51.0 Å². The van der Waals surface area contributed by atoms with Crippen molar-refractivity contribution in [1.82, 2.24) is 0 Å². The number of hydrogen-bond acceptors (Lipinski definition) is 2. The van der Waals surface area contributed by atoms with Gasteiger partial charge >= 0.3 is 0 Å². The Morgan fingerprint density at radius 1 is 0.500 bits per heavy atom. The molecule has 1 atom stereocenters. The van der Waals surface area contributed by atoms with E-state index in [9.17, 15) is 9.59 Å². The first kappa shape index (κ1) is 36.8. The minimum absolute atomic E-state index is 0.0452. The van der Waals surface area contributed by atoms with E-state index >= 15 is 0 Å². The topological polar surface area (TPSA) is 34.1 Å². The van der Waals surface area contributed by atoms with Crippen LogP contribution >= 0.6 is 0 Å². The molecule has 0 heterocycles. The molecular formula is C36H65O2. The fraction of sp³-hybridized carbons (Fsp3) is 0.833. The van der Waals surface area contributed by atoms with Crippen molar-refractivity contribution >= 4 is 12.1 Å². The maximum atomic E-state index is 12.3. The monoisotopic (exact) mass is 529 g/mol. The Morgan fingerprint density at radius 3 is 1.26 bits per heavy atom. The van der Waals surface area contributed by atoms with Gasteiger partial charge in [0.2, 0.25) is 6.29 Å². The molecule has 1 radical (unpaired) electrons. The van der Waals surface area contributed by atoms with E-state index in [0.717, 1.165) is 25.7 Å². The summed E-state index contributed by atoms with van der Waals surface area (Å²) in [6.07, 6.45) is 44.5. The third kappa shape index (κ3) is 27.8. The molecule has 38 heavy (non-hydrogen) atoms. The molecule has 0 aromatic heterocycles. The molecule has 2 nitrogen and oxygen atoms in total. The lowest BCUT2D eigenvalue weighted by Crippen LogP contribution is -2.13. The summed E-state index contributed by atoms with van der Waals surface area (Å²) in [6, 6.07) is 0. The summed E-state index contributed by atoms with van der Waals surface area (Å²) in [7, 11) is 0. The van der Waals surface area contributed by atoms with Gasteiger partial charge in [-0.15, -0.1) is 0 Å². The third-order valence-corrected chi connectivity index (χ3v) is 7.75. The van der Waals surface area contributed by atoms with Gasteiger partial charge < -0.3 is 0 Å². The van der Waals surface area contributed by atoms with Crippen LogP contribution in [-0.4, -0.2) is 12.1 Å². The molecule has 0 saturated carbocycles. The van der Waals surface area contributed by atoms with Crippen LogP contribution in [0, 0.1) is 5.92 Å². The average Bonchev–Trinajstić information content (AvgIpc) is 2.93. The smallest absolute Gasteiger partial charge is 0.209 e. The van der Waals surface area contributed by atoms with Crippen LogP contribution in [0.15, 0.2) is 24.3 Å². The van der Waals surface area contributed by atoms with Crippen LogP contribution in [0.25, 0.3) is 0 Å². The lowest BCUT2D eigenvalue weighted by Gasteiger charge is -2.06. The summed E-state index contributed by atoms with van der Waals surface area (Å²) in [6.45, 7) is 4.53. The van der Waals surface area contributed by atoms with Crippen LogP contribution in [0.5, 0.6) is 0 Å². The Kier molecular flexibility index (Phi) is 31.0. The molecule has 0 amide bonds. The molecule has 0 fully saturated rings. The lowest BCUT2D eigenvalue weighted by molar-refractivity contribution is -0.116. The van der Waals surface area contributed by atoms with Crippen molar-refractivity contribution in [2.24, 2.45) is 5.92 Å². The zero-order chi connectivity index (χ0) is 27.8. The van der Waals surface area contributed by atoms with E-state index in [4.69, 9.17) is 0 Å². The van der Waals surface area contributed by atoms with Crippen LogP contribution in [0.2, 0.25) is 0 Å². The largest absolute Gasteiger partial charge is 0.294 e. The summed E-state index contributed by atoms with van der Waals surface area (Å²) >= 11 is 0. The van der Waals surface area contributed by atoms with Gasteiger partial charge in [0.1, 0.15) is 0 Å². The second-order valence-corrected chi connectivity index (χ2v) is 11.5. The Balaban J connectivity index is 3.53. The van der Waals surface area contributed by atoms with E-state index in [1.165, 1.54) is 141 Å². The van der Waals surface area contributed by atoms with E-state index < -0.39 is 5.92 Å². The first-order valence-corrected chi connectivity index (χ1v) is 17.0. The van der Waals surface area contributed by atoms with Crippen LogP contribution in [0.4, 0.5) is 0 Å². The molecule has 0 saturated heterocycles. The fourth-order valence-electron chi connectivity index (χ4n) is 5.10. The molecule has 0 aliphatic heterocycles. The molecule has 0 aromatic carbocycles. The molecule has 0 aliphatic rings. The highest BCUT2D eigenvalue weighted by Crippen LogP contribution is 2.15. The Bertz CT molecular complexity index is 548. The van der Waals surface area contributed by atoms with E-state index in [-0.39, 0.29) is 5.78 Å². The lowest BCUT2D eigenvalue weighted by atomic mass is 9.96. The van der Waals surface area contributed by atoms with Gasteiger partial charge in [0.25, 0.3) is 0 Å². The maximum absolute atomic E-state index is 12.3. The summed E-state index contributed by atoms with van der Waals surface area (Å²) in [5, 5.41) is 0. The molecule has 0 aromatic rings. The minimum atomic E-state index is -0.555. The Labute approximate surface area is 238 Å². The zero-order valence-electron chi connectivity index (χ0n) is 25.8. The van der Waals surface area contributed by atoms with Gasteiger partial charge in [0.15, 0.2) is 5.78 Å². The number of rotatable bonds is 31. The average molecular weight is 530 g/mol. The normalized spacial score (nSPS) is 12.6. The van der Waals surface area contributed by atoms with Crippen LogP contribution in [0.3, 0.4) is 0 Å². The van der Waals surface area contributed by atoms with Crippen molar-refractivity contribution in [3.8, 4) is 0 Å². The molecule has 221 valence electrons. The third-order valence-electron chi connectivity index (χ3n) is 7.75. The van der Waals surface area contributed by atoms with E-state index in [1.54, 1.807) is 6.08 Å². The molecule has 0 aliphatic carbocycles. The number of hydrogen-bond donors (Lipinski definition) is 0. The van der Waals surface area contributed by atoms with Crippen LogP contribution in [0.1, 0.15) is 187 Å². The highest BCUT2D eigenvalue weighted by atomic mass is 16.1. The van der Waals surface area contributed by atoms with Gasteiger partial charge in [0, 0.05) is 0 Å². The molecule has 0 spiro atoms. The van der Waals surface area contributed by atoms with Crippen molar-refractivity contribution in [3.05, 3.63) is 24.3 Å². The van der Waals surface area contributed by atoms with Crippen molar-refractivity contribution in [3.63, 3.8) is 0 Å². The van der Waals surface area contributed by atoms with Crippen molar-refractivity contribution in [2.45, 2.75) is 187 Å². The molecular weight excluding hydrogens is 464 g/mol. The Hall–Kier alpha value is -1.18. The summed E-state index contributed by atoms with van der Waals surface area (Å²) in [5.41, 5.74) is 0. The molecule has 1 unspecified atom stereocenters. The predicted molar refractivity (Wildman–Crippen MR) is 168 cm³/mol. The summed E-state index contributed by atoms with van der Waals surface area (Å²) in [4.78, 5) is 23.6. The number of carbonyl (C=O) groups is 1. The van der Waals surface area contributed by atoms with Gasteiger partial charge in [-0.1, -0.05) is 160 Å². The number of unbranched alkanes of at least 4 members (excludes halogenated alkanes) is 23. The number of allylic oxidation sites excluding steroid dienone is 4. The SMILES string of the molecule is CCCCCC/C=C/CCCCCCCCC([C]=O)C(=O)C=CCCCCCCCCCCCCCCC. The van der Waals surface area contributed by atoms with Gasteiger partial charge in [-0.25, -0.2) is 0 Å². The van der Waals surface area contributed by atoms with Crippen molar-refractivity contribution in [2.75, 3.05) is 0 Å². The highest BCUT2D eigenvalue weighted by Gasteiger charge is 2.15. The quantitative estimate of drug-likeness (QED) is 0.0387. The van der Waals surface area contributed by atoms with E-state index in [2.05, 4.69) is 26.0 Å². The van der Waals surface area contributed by atoms with Crippen LogP contribution < -0.4 is 0 Å². The fourth-order valence-corrected chi connectivity index (χ4v) is 5.10. The first-order chi connectivity index (χ1) is 18.8. The van der Waals surface area contributed by atoms with Gasteiger partial charge in [-0.2, -0.15) is 0 Å². The maximum Gasteiger partial charge on any atom is 0.209 e. The zero-order valence-corrected chi connectivity index (χ0v) is 25.8. The standard InChI is InChI=1S/C36H65O2/c1-3-5-7-9-11-13-15-17-19-21-23-25-27-29-31-33-36(38)35(34-37)32-30-28-26-24-22-20-18-16-14-12-10-8-6-4-2/h14,16,31,33,35H,3-13,15,17-30,32H2,1-2H3/b16-14+,33-31?. The van der Waals surface area contributed by atoms with Crippen LogP contribution in [-0.2, 0) is 9.59 Å². The molecule has 0 rings (SSSR count). The number of carbonyl (C=O) groups excluding carboxylic acids is 2. The highest BCUT2D eigenvalue weighted by molar-refractivity contribution is 6.00. The van der Waals surface area contributed by atoms with Gasteiger partial charge in [0.05, 0.1) is 5.92 Å². The van der Waals surface area contributed by atoms with Gasteiger partial charge in [-0.3, -0.25) is 9.59 Å². The summed E-state index contributed by atoms with van der Waals surface area (Å²) in [5.74, 6) is -0.600. The van der Waals surface area contributed by atoms with E-state index in [0.29, 0.717) is 6.42 Å². The minimum Gasteiger partial charge on any atom is -0.294 e. The Morgan fingerprint density at radius 2 is 0.842 bits per heavy atom. The predicted octanol–water partition coefficient (Wildman–Crippen LogP) is 12.0. The van der Waals surface area contributed by atoms with E-state index in [1.807, 2.05) is 12.4 Å².